The fourth-order valence-electron chi connectivity index (χ4n) is 1.30. The molecule has 0 saturated carbocycles. The van der Waals surface area contributed by atoms with Crippen molar-refractivity contribution < 1.29 is 14.0 Å². The van der Waals surface area contributed by atoms with Gasteiger partial charge >= 0.3 is 0 Å². The molecule has 0 fully saturated rings. The number of aldehydes is 1. The number of rotatable bonds is 4. The van der Waals surface area contributed by atoms with Gasteiger partial charge < -0.3 is 14.0 Å². The van der Waals surface area contributed by atoms with E-state index in [9.17, 15) is 4.79 Å². The second-order valence-electron chi connectivity index (χ2n) is 6.19. The summed E-state index contributed by atoms with van der Waals surface area (Å²) in [4.78, 5) is 15.4. The van der Waals surface area contributed by atoms with E-state index >= 15 is 0 Å². The minimum atomic E-state index is -1.84. The molecule has 0 N–H and O–H groups in total. The van der Waals surface area contributed by atoms with Crippen LogP contribution in [0.4, 0.5) is 0 Å². The Labute approximate surface area is 105 Å². The molecule has 0 aromatic rings. The smallest absolute Gasteiger partial charge is 0.192 e. The Kier molecular flexibility index (Phi) is 3.83. The van der Waals surface area contributed by atoms with Gasteiger partial charge in [-0.2, -0.15) is 0 Å². The molecule has 4 nitrogen and oxygen atoms in total. The summed E-state index contributed by atoms with van der Waals surface area (Å²) in [6, 6.07) is 0. The Morgan fingerprint density at radius 2 is 2.12 bits per heavy atom. The van der Waals surface area contributed by atoms with Crippen molar-refractivity contribution in [2.75, 3.05) is 13.2 Å². The maximum atomic E-state index is 11.2. The van der Waals surface area contributed by atoms with Crippen molar-refractivity contribution in [3.8, 4) is 0 Å². The van der Waals surface area contributed by atoms with Crippen molar-refractivity contribution in [2.45, 2.75) is 51.4 Å². The number of aliphatic imine (C=N–C) groups is 1. The number of hydrogen-bond donors (Lipinski definition) is 0. The topological polar surface area (TPSA) is 47.9 Å². The van der Waals surface area contributed by atoms with Gasteiger partial charge in [-0.15, -0.1) is 0 Å². The number of carbonyl (C=O) groups is 1. The van der Waals surface area contributed by atoms with E-state index in [4.69, 9.17) is 9.16 Å². The van der Waals surface area contributed by atoms with Crippen LogP contribution in [0.15, 0.2) is 4.99 Å². The van der Waals surface area contributed by atoms with Gasteiger partial charge in [0.2, 0.25) is 0 Å². The van der Waals surface area contributed by atoms with Crippen molar-refractivity contribution in [2.24, 2.45) is 4.99 Å². The molecule has 0 amide bonds. The molecule has 0 aromatic heterocycles. The normalized spacial score (nSPS) is 25.4. The highest BCUT2D eigenvalue weighted by Crippen LogP contribution is 2.37. The predicted octanol–water partition coefficient (Wildman–Crippen LogP) is 2.39. The van der Waals surface area contributed by atoms with Crippen LogP contribution >= 0.6 is 0 Å². The van der Waals surface area contributed by atoms with Gasteiger partial charge in [-0.05, 0) is 18.1 Å². The van der Waals surface area contributed by atoms with E-state index in [1.54, 1.807) is 6.92 Å². The van der Waals surface area contributed by atoms with Crippen LogP contribution in [-0.2, 0) is 14.0 Å². The Morgan fingerprint density at radius 1 is 1.53 bits per heavy atom. The van der Waals surface area contributed by atoms with Crippen molar-refractivity contribution in [3.05, 3.63) is 0 Å². The zero-order valence-electron chi connectivity index (χ0n) is 11.7. The molecule has 1 heterocycles. The highest BCUT2D eigenvalue weighted by atomic mass is 28.4. The SMILES string of the molecule is CC1=NC(C=O)(CO[Si](C)(C)C(C)(C)C)CO1. The first-order chi connectivity index (χ1) is 7.62. The molecule has 5 heteroatoms. The Hall–Kier alpha value is -0.683. The highest BCUT2D eigenvalue weighted by molar-refractivity contribution is 6.74. The summed E-state index contributed by atoms with van der Waals surface area (Å²) in [6.07, 6.45) is 0.844. The van der Waals surface area contributed by atoms with E-state index in [0.717, 1.165) is 6.29 Å². The fraction of sp³-hybridized carbons (Fsp3) is 0.833. The van der Waals surface area contributed by atoms with E-state index in [1.807, 2.05) is 0 Å². The Bertz CT molecular complexity index is 333. The molecule has 0 aromatic carbocycles. The van der Waals surface area contributed by atoms with Gasteiger partial charge in [-0.3, -0.25) is 0 Å². The molecular weight excluding hydrogens is 234 g/mol. The van der Waals surface area contributed by atoms with Gasteiger partial charge in [0.1, 0.15) is 6.61 Å². The van der Waals surface area contributed by atoms with Crippen LogP contribution in [0.25, 0.3) is 0 Å². The molecule has 1 unspecified atom stereocenters. The number of carbonyl (C=O) groups excluding carboxylic acids is 1. The van der Waals surface area contributed by atoms with Crippen LogP contribution in [0.5, 0.6) is 0 Å². The Balaban J connectivity index is 2.70. The van der Waals surface area contributed by atoms with Crippen molar-refractivity contribution >= 4 is 20.5 Å². The third kappa shape index (κ3) is 3.16. The summed E-state index contributed by atoms with van der Waals surface area (Å²) in [7, 11) is -1.84. The van der Waals surface area contributed by atoms with Crippen LogP contribution in [0.3, 0.4) is 0 Å². The zero-order valence-corrected chi connectivity index (χ0v) is 12.7. The van der Waals surface area contributed by atoms with Crippen molar-refractivity contribution in [1.82, 2.24) is 0 Å². The van der Waals surface area contributed by atoms with E-state index in [0.29, 0.717) is 19.1 Å². The number of hydrogen-bond acceptors (Lipinski definition) is 4. The first-order valence-corrected chi connectivity index (χ1v) is 8.82. The molecule has 1 atom stereocenters. The van der Waals surface area contributed by atoms with Gasteiger partial charge in [0, 0.05) is 6.92 Å². The molecule has 0 radical (unpaired) electrons. The second kappa shape index (κ2) is 4.53. The van der Waals surface area contributed by atoms with Crippen LogP contribution in [0.2, 0.25) is 18.1 Å². The molecular formula is C12H23NO3Si. The minimum absolute atomic E-state index is 0.134. The molecule has 17 heavy (non-hydrogen) atoms. The second-order valence-corrected chi connectivity index (χ2v) is 11.0. The summed E-state index contributed by atoms with van der Waals surface area (Å²) in [5.74, 6) is 0.566. The lowest BCUT2D eigenvalue weighted by Gasteiger charge is -2.37. The molecule has 98 valence electrons. The van der Waals surface area contributed by atoms with Gasteiger partial charge in [0.05, 0.1) is 6.61 Å². The first kappa shape index (κ1) is 14.4. The van der Waals surface area contributed by atoms with E-state index in [1.165, 1.54) is 0 Å². The van der Waals surface area contributed by atoms with Crippen LogP contribution < -0.4 is 0 Å². The van der Waals surface area contributed by atoms with Crippen molar-refractivity contribution in [3.63, 3.8) is 0 Å². The van der Waals surface area contributed by atoms with E-state index in [-0.39, 0.29) is 5.04 Å². The third-order valence-corrected chi connectivity index (χ3v) is 8.10. The lowest BCUT2D eigenvalue weighted by atomic mass is 10.1. The van der Waals surface area contributed by atoms with E-state index < -0.39 is 13.9 Å². The molecule has 1 aliphatic rings. The molecule has 0 spiro atoms. The lowest BCUT2D eigenvalue weighted by Crippen LogP contribution is -2.46. The average molecular weight is 257 g/mol. The van der Waals surface area contributed by atoms with Gasteiger partial charge in [0.25, 0.3) is 0 Å². The number of ether oxygens (including phenoxy) is 1. The summed E-state index contributed by atoms with van der Waals surface area (Å²) in [6.45, 7) is 13.2. The molecule has 1 rings (SSSR count). The Morgan fingerprint density at radius 3 is 2.47 bits per heavy atom. The monoisotopic (exact) mass is 257 g/mol. The first-order valence-electron chi connectivity index (χ1n) is 5.91. The van der Waals surface area contributed by atoms with Gasteiger partial charge in [0.15, 0.2) is 26.0 Å². The minimum Gasteiger partial charge on any atom is -0.478 e. The maximum Gasteiger partial charge on any atom is 0.192 e. The summed E-state index contributed by atoms with van der Waals surface area (Å²) in [5, 5.41) is 0.134. The molecule has 1 aliphatic heterocycles. The third-order valence-electron chi connectivity index (χ3n) is 3.62. The average Bonchev–Trinajstić information content (AvgIpc) is 2.57. The fourth-order valence-corrected chi connectivity index (χ4v) is 2.34. The summed E-state index contributed by atoms with van der Waals surface area (Å²) >= 11 is 0. The van der Waals surface area contributed by atoms with Crippen molar-refractivity contribution in [1.29, 1.82) is 0 Å². The highest BCUT2D eigenvalue weighted by Gasteiger charge is 2.42. The standard InChI is InChI=1S/C12H23NO3Si/c1-10-13-12(7-14,8-15-10)9-16-17(5,6)11(2,3)4/h7H,8-9H2,1-6H3. The van der Waals surface area contributed by atoms with Gasteiger partial charge in [-0.1, -0.05) is 20.8 Å². The van der Waals surface area contributed by atoms with Crippen LogP contribution in [-0.4, -0.2) is 39.3 Å². The quantitative estimate of drug-likeness (QED) is 0.574. The van der Waals surface area contributed by atoms with Crippen LogP contribution in [0, 0.1) is 0 Å². The zero-order chi connectivity index (χ0) is 13.3. The van der Waals surface area contributed by atoms with E-state index in [2.05, 4.69) is 38.9 Å². The van der Waals surface area contributed by atoms with Gasteiger partial charge in [-0.25, -0.2) is 4.99 Å². The number of nitrogens with zero attached hydrogens (tertiary/aromatic N) is 1. The summed E-state index contributed by atoms with van der Waals surface area (Å²) < 4.78 is 11.3. The van der Waals surface area contributed by atoms with Crippen LogP contribution in [0.1, 0.15) is 27.7 Å². The molecule has 0 bridgehead atoms. The summed E-state index contributed by atoms with van der Waals surface area (Å²) in [5.41, 5.74) is -0.820. The predicted molar refractivity (Wildman–Crippen MR) is 71.0 cm³/mol. The largest absolute Gasteiger partial charge is 0.478 e. The maximum absolute atomic E-state index is 11.2. The molecule has 0 aliphatic carbocycles. The molecule has 0 saturated heterocycles. The lowest BCUT2D eigenvalue weighted by molar-refractivity contribution is -0.113.